The number of carbonyl (C=O) groups excluding carboxylic acids is 1. The van der Waals surface area contributed by atoms with Gasteiger partial charge in [0, 0.05) is 11.9 Å². The van der Waals surface area contributed by atoms with Crippen LogP contribution in [0.5, 0.6) is 5.75 Å². The Morgan fingerprint density at radius 1 is 1.00 bits per heavy atom. The number of unbranched alkanes of at least 4 members (excludes halogenated alkanes) is 5. The van der Waals surface area contributed by atoms with Gasteiger partial charge in [-0.3, -0.25) is 4.79 Å². The van der Waals surface area contributed by atoms with Crippen molar-refractivity contribution in [3.05, 3.63) is 42.0 Å². The van der Waals surface area contributed by atoms with Crippen LogP contribution in [0.15, 0.2) is 36.4 Å². The van der Waals surface area contributed by atoms with E-state index < -0.39 is 0 Å². The van der Waals surface area contributed by atoms with Crippen LogP contribution in [0.3, 0.4) is 0 Å². The Hall–Kier alpha value is -2.03. The quantitative estimate of drug-likeness (QED) is 0.698. The summed E-state index contributed by atoms with van der Waals surface area (Å²) in [4.78, 5) is 12.2. The van der Waals surface area contributed by atoms with Gasteiger partial charge < -0.3 is 10.4 Å². The predicted octanol–water partition coefficient (Wildman–Crippen LogP) is 4.64. The zero-order valence-electron chi connectivity index (χ0n) is 13.3. The molecular weight excluding hydrogens is 274 g/mol. The van der Waals surface area contributed by atoms with Crippen molar-refractivity contribution in [1.29, 1.82) is 0 Å². The third-order valence-corrected chi connectivity index (χ3v) is 3.96. The van der Waals surface area contributed by atoms with E-state index in [9.17, 15) is 9.90 Å². The van der Waals surface area contributed by atoms with Gasteiger partial charge in [0.25, 0.3) is 5.91 Å². The summed E-state index contributed by atoms with van der Waals surface area (Å²) in [6.45, 7) is 2.87. The summed E-state index contributed by atoms with van der Waals surface area (Å²) in [6.07, 6.45) is 7.17. The molecular formula is C19H25NO2. The Bertz CT molecular complexity index is 622. The number of hydrogen-bond acceptors (Lipinski definition) is 2. The van der Waals surface area contributed by atoms with E-state index in [1.54, 1.807) is 6.07 Å². The summed E-state index contributed by atoms with van der Waals surface area (Å²) >= 11 is 0. The Morgan fingerprint density at radius 3 is 2.55 bits per heavy atom. The lowest BCUT2D eigenvalue weighted by molar-refractivity contribution is 0.0950. The summed E-state index contributed by atoms with van der Waals surface area (Å²) in [6, 6.07) is 11.1. The SMILES string of the molecule is CCCCCCCCNC(=O)c1ccc2ccccc2c1O. The molecule has 2 rings (SSSR count). The van der Waals surface area contributed by atoms with E-state index in [0.29, 0.717) is 12.1 Å². The average molecular weight is 299 g/mol. The van der Waals surface area contributed by atoms with E-state index in [1.165, 1.54) is 25.7 Å². The van der Waals surface area contributed by atoms with Crippen molar-refractivity contribution >= 4 is 16.7 Å². The highest BCUT2D eigenvalue weighted by atomic mass is 16.3. The molecule has 3 nitrogen and oxygen atoms in total. The van der Waals surface area contributed by atoms with Crippen LogP contribution in [0.4, 0.5) is 0 Å². The van der Waals surface area contributed by atoms with E-state index in [2.05, 4.69) is 12.2 Å². The Kier molecular flexibility index (Phi) is 6.26. The molecule has 22 heavy (non-hydrogen) atoms. The maximum absolute atomic E-state index is 12.2. The molecule has 0 aliphatic rings. The fraction of sp³-hybridized carbons (Fsp3) is 0.421. The zero-order valence-corrected chi connectivity index (χ0v) is 13.3. The van der Waals surface area contributed by atoms with Crippen LogP contribution in [-0.2, 0) is 0 Å². The fourth-order valence-corrected chi connectivity index (χ4v) is 2.64. The van der Waals surface area contributed by atoms with Gasteiger partial charge >= 0.3 is 0 Å². The summed E-state index contributed by atoms with van der Waals surface area (Å²) < 4.78 is 0. The second kappa shape index (κ2) is 8.42. The van der Waals surface area contributed by atoms with E-state index in [4.69, 9.17) is 0 Å². The smallest absolute Gasteiger partial charge is 0.255 e. The molecule has 118 valence electrons. The minimum Gasteiger partial charge on any atom is -0.506 e. The maximum Gasteiger partial charge on any atom is 0.255 e. The molecule has 0 aliphatic heterocycles. The number of phenolic OH excluding ortho intramolecular Hbond substituents is 1. The second-order valence-electron chi connectivity index (χ2n) is 5.71. The van der Waals surface area contributed by atoms with E-state index in [0.717, 1.165) is 23.6 Å². The number of phenols is 1. The molecule has 2 aromatic carbocycles. The molecule has 0 spiro atoms. The van der Waals surface area contributed by atoms with E-state index in [1.807, 2.05) is 30.3 Å². The molecule has 0 radical (unpaired) electrons. The Balaban J connectivity index is 1.86. The molecule has 2 aromatic rings. The molecule has 1 amide bonds. The third kappa shape index (κ3) is 4.23. The molecule has 0 aromatic heterocycles. The number of hydrogen-bond donors (Lipinski definition) is 2. The van der Waals surface area contributed by atoms with Crippen LogP contribution < -0.4 is 5.32 Å². The van der Waals surface area contributed by atoms with Crippen LogP contribution >= 0.6 is 0 Å². The molecule has 0 unspecified atom stereocenters. The van der Waals surface area contributed by atoms with Crippen molar-refractivity contribution in [2.24, 2.45) is 0 Å². The fourth-order valence-electron chi connectivity index (χ4n) is 2.64. The minimum atomic E-state index is -0.197. The normalized spacial score (nSPS) is 10.8. The summed E-state index contributed by atoms with van der Waals surface area (Å²) in [5, 5.41) is 14.8. The highest BCUT2D eigenvalue weighted by molar-refractivity contribution is 6.03. The van der Waals surface area contributed by atoms with Gasteiger partial charge in [-0.2, -0.15) is 0 Å². The van der Waals surface area contributed by atoms with Gasteiger partial charge in [0.15, 0.2) is 0 Å². The summed E-state index contributed by atoms with van der Waals surface area (Å²) in [7, 11) is 0. The van der Waals surface area contributed by atoms with Gasteiger partial charge in [-0.1, -0.05) is 69.4 Å². The minimum absolute atomic E-state index is 0.0681. The molecule has 0 heterocycles. The number of fused-ring (bicyclic) bond motifs is 1. The van der Waals surface area contributed by atoms with Crippen molar-refractivity contribution in [3.8, 4) is 5.75 Å². The molecule has 0 aliphatic carbocycles. The number of nitrogens with one attached hydrogen (secondary N) is 1. The van der Waals surface area contributed by atoms with Crippen molar-refractivity contribution in [3.63, 3.8) is 0 Å². The highest BCUT2D eigenvalue weighted by Crippen LogP contribution is 2.28. The highest BCUT2D eigenvalue weighted by Gasteiger charge is 2.12. The number of amides is 1. The lowest BCUT2D eigenvalue weighted by atomic mass is 10.0. The molecule has 0 saturated heterocycles. The number of rotatable bonds is 8. The molecule has 2 N–H and O–H groups in total. The van der Waals surface area contributed by atoms with Gasteiger partial charge in [0.05, 0.1) is 5.56 Å². The van der Waals surface area contributed by atoms with Crippen LogP contribution in [0.2, 0.25) is 0 Å². The molecule has 0 fully saturated rings. The zero-order chi connectivity index (χ0) is 15.8. The molecule has 0 bridgehead atoms. The van der Waals surface area contributed by atoms with Crippen molar-refractivity contribution in [1.82, 2.24) is 5.32 Å². The van der Waals surface area contributed by atoms with Gasteiger partial charge in [-0.05, 0) is 17.9 Å². The van der Waals surface area contributed by atoms with E-state index >= 15 is 0 Å². The lowest BCUT2D eigenvalue weighted by Crippen LogP contribution is -2.24. The standard InChI is InChI=1S/C19H25NO2/c1-2-3-4-5-6-9-14-20-19(22)17-13-12-15-10-7-8-11-16(15)18(17)21/h7-8,10-13,21H,2-6,9,14H2,1H3,(H,20,22). The van der Waals surface area contributed by atoms with E-state index in [-0.39, 0.29) is 11.7 Å². The first-order chi connectivity index (χ1) is 10.7. The molecule has 3 heteroatoms. The largest absolute Gasteiger partial charge is 0.506 e. The Morgan fingerprint density at radius 2 is 1.73 bits per heavy atom. The van der Waals surface area contributed by atoms with Crippen LogP contribution in [0.25, 0.3) is 10.8 Å². The summed E-state index contributed by atoms with van der Waals surface area (Å²) in [5.74, 6) is -0.129. The first kappa shape index (κ1) is 16.3. The molecule has 0 atom stereocenters. The lowest BCUT2D eigenvalue weighted by Gasteiger charge is -2.09. The van der Waals surface area contributed by atoms with Gasteiger partial charge in [0.1, 0.15) is 5.75 Å². The van der Waals surface area contributed by atoms with Crippen LogP contribution in [0.1, 0.15) is 55.8 Å². The number of aromatic hydroxyl groups is 1. The average Bonchev–Trinajstić information content (AvgIpc) is 2.54. The first-order valence-electron chi connectivity index (χ1n) is 8.23. The van der Waals surface area contributed by atoms with Crippen molar-refractivity contribution in [2.45, 2.75) is 45.4 Å². The van der Waals surface area contributed by atoms with Gasteiger partial charge in [-0.15, -0.1) is 0 Å². The molecule has 0 saturated carbocycles. The van der Waals surface area contributed by atoms with Crippen LogP contribution in [-0.4, -0.2) is 17.6 Å². The maximum atomic E-state index is 12.2. The first-order valence-corrected chi connectivity index (χ1v) is 8.23. The van der Waals surface area contributed by atoms with Crippen LogP contribution in [0, 0.1) is 0 Å². The number of benzene rings is 2. The number of carbonyl (C=O) groups is 1. The monoisotopic (exact) mass is 299 g/mol. The predicted molar refractivity (Wildman–Crippen MR) is 91.3 cm³/mol. The van der Waals surface area contributed by atoms with Gasteiger partial charge in [-0.25, -0.2) is 0 Å². The summed E-state index contributed by atoms with van der Waals surface area (Å²) in [5.41, 5.74) is 0.352. The Labute approximate surface area is 132 Å². The third-order valence-electron chi connectivity index (χ3n) is 3.96. The second-order valence-corrected chi connectivity index (χ2v) is 5.71. The van der Waals surface area contributed by atoms with Crippen molar-refractivity contribution in [2.75, 3.05) is 6.54 Å². The van der Waals surface area contributed by atoms with Gasteiger partial charge in [0.2, 0.25) is 0 Å². The van der Waals surface area contributed by atoms with Crippen molar-refractivity contribution < 1.29 is 9.90 Å². The topological polar surface area (TPSA) is 49.3 Å².